The van der Waals surface area contributed by atoms with Gasteiger partial charge in [0.25, 0.3) is 0 Å². The molecule has 0 spiro atoms. The van der Waals surface area contributed by atoms with Crippen molar-refractivity contribution >= 4 is 5.91 Å². The lowest BCUT2D eigenvalue weighted by Gasteiger charge is -2.07. The van der Waals surface area contributed by atoms with Gasteiger partial charge in [0.05, 0.1) is 0 Å². The summed E-state index contributed by atoms with van der Waals surface area (Å²) in [5, 5.41) is 0. The molecule has 1 unspecified atom stereocenters. The SMILES string of the molecule is CC(C)CCCCC(C)C(N)=O. The Labute approximate surface area is 75.5 Å². The van der Waals surface area contributed by atoms with Gasteiger partial charge in [0.1, 0.15) is 0 Å². The number of carbonyl (C=O) groups excluding carboxylic acids is 1. The van der Waals surface area contributed by atoms with Crippen LogP contribution in [0.5, 0.6) is 0 Å². The molecule has 12 heavy (non-hydrogen) atoms. The zero-order valence-corrected chi connectivity index (χ0v) is 8.47. The minimum Gasteiger partial charge on any atom is -0.369 e. The van der Waals surface area contributed by atoms with Crippen molar-refractivity contribution in [1.82, 2.24) is 0 Å². The third-order valence-electron chi connectivity index (χ3n) is 2.15. The second-order valence-corrected chi connectivity index (χ2v) is 3.98. The predicted molar refractivity (Wildman–Crippen MR) is 51.7 cm³/mol. The first kappa shape index (κ1) is 11.5. The minimum absolute atomic E-state index is 0.0529. The van der Waals surface area contributed by atoms with Crippen molar-refractivity contribution in [2.75, 3.05) is 0 Å². The molecular weight excluding hydrogens is 150 g/mol. The Bertz CT molecular complexity index is 132. The lowest BCUT2D eigenvalue weighted by molar-refractivity contribution is -0.121. The highest BCUT2D eigenvalue weighted by molar-refractivity contribution is 5.76. The zero-order chi connectivity index (χ0) is 9.56. The fourth-order valence-corrected chi connectivity index (χ4v) is 1.15. The molecule has 0 aliphatic rings. The van der Waals surface area contributed by atoms with E-state index in [4.69, 9.17) is 5.73 Å². The maximum Gasteiger partial charge on any atom is 0.220 e. The van der Waals surface area contributed by atoms with Crippen LogP contribution in [-0.4, -0.2) is 5.91 Å². The first-order valence-corrected chi connectivity index (χ1v) is 4.83. The van der Waals surface area contributed by atoms with Gasteiger partial charge in [-0.2, -0.15) is 0 Å². The Morgan fingerprint density at radius 1 is 1.17 bits per heavy atom. The lowest BCUT2D eigenvalue weighted by Crippen LogP contribution is -2.20. The van der Waals surface area contributed by atoms with E-state index >= 15 is 0 Å². The summed E-state index contributed by atoms with van der Waals surface area (Å²) in [5.74, 6) is 0.658. The number of carbonyl (C=O) groups is 1. The molecule has 1 atom stereocenters. The topological polar surface area (TPSA) is 43.1 Å². The van der Waals surface area contributed by atoms with Gasteiger partial charge in [0.15, 0.2) is 0 Å². The van der Waals surface area contributed by atoms with Gasteiger partial charge in [-0.1, -0.05) is 40.0 Å². The van der Waals surface area contributed by atoms with E-state index < -0.39 is 0 Å². The molecule has 1 amide bonds. The molecule has 72 valence electrons. The number of unbranched alkanes of at least 4 members (excludes halogenated alkanes) is 1. The summed E-state index contributed by atoms with van der Waals surface area (Å²) >= 11 is 0. The number of rotatable bonds is 6. The second kappa shape index (κ2) is 6.04. The van der Waals surface area contributed by atoms with Crippen LogP contribution in [0.4, 0.5) is 0 Å². The first-order chi connectivity index (χ1) is 5.54. The van der Waals surface area contributed by atoms with Gasteiger partial charge in [0.2, 0.25) is 5.91 Å². The molecule has 2 heteroatoms. The Balaban J connectivity index is 3.25. The number of hydrogen-bond acceptors (Lipinski definition) is 1. The van der Waals surface area contributed by atoms with Crippen LogP contribution in [0, 0.1) is 11.8 Å². The van der Waals surface area contributed by atoms with Crippen LogP contribution < -0.4 is 5.73 Å². The van der Waals surface area contributed by atoms with E-state index in [2.05, 4.69) is 13.8 Å². The molecule has 0 radical (unpaired) electrons. The van der Waals surface area contributed by atoms with Gasteiger partial charge >= 0.3 is 0 Å². The largest absolute Gasteiger partial charge is 0.369 e. The van der Waals surface area contributed by atoms with Crippen LogP contribution in [0.2, 0.25) is 0 Å². The van der Waals surface area contributed by atoms with Crippen molar-refractivity contribution in [3.63, 3.8) is 0 Å². The molecule has 0 saturated carbocycles. The Kier molecular flexibility index (Phi) is 5.77. The molecule has 2 N–H and O–H groups in total. The maximum atomic E-state index is 10.6. The van der Waals surface area contributed by atoms with Crippen LogP contribution in [0.15, 0.2) is 0 Å². The van der Waals surface area contributed by atoms with Crippen LogP contribution in [0.25, 0.3) is 0 Å². The highest BCUT2D eigenvalue weighted by Gasteiger charge is 2.07. The Morgan fingerprint density at radius 2 is 1.67 bits per heavy atom. The third-order valence-corrected chi connectivity index (χ3v) is 2.15. The molecule has 0 aromatic carbocycles. The highest BCUT2D eigenvalue weighted by Crippen LogP contribution is 2.12. The van der Waals surface area contributed by atoms with E-state index in [1.54, 1.807) is 0 Å². The smallest absolute Gasteiger partial charge is 0.220 e. The second-order valence-electron chi connectivity index (χ2n) is 3.98. The average molecular weight is 171 g/mol. The van der Waals surface area contributed by atoms with Crippen molar-refractivity contribution in [1.29, 1.82) is 0 Å². The van der Waals surface area contributed by atoms with E-state index in [1.807, 2.05) is 6.92 Å². The molecule has 0 saturated heterocycles. The molecule has 2 nitrogen and oxygen atoms in total. The van der Waals surface area contributed by atoms with Crippen LogP contribution >= 0.6 is 0 Å². The van der Waals surface area contributed by atoms with E-state index in [1.165, 1.54) is 12.8 Å². The number of nitrogens with two attached hydrogens (primary N) is 1. The van der Waals surface area contributed by atoms with E-state index in [-0.39, 0.29) is 11.8 Å². The molecular formula is C10H21NO. The summed E-state index contributed by atoms with van der Waals surface area (Å²) in [6.07, 6.45) is 4.55. The normalized spacial score (nSPS) is 13.3. The van der Waals surface area contributed by atoms with Gasteiger partial charge < -0.3 is 5.73 Å². The number of amides is 1. The van der Waals surface area contributed by atoms with Gasteiger partial charge in [0, 0.05) is 5.92 Å². The van der Waals surface area contributed by atoms with E-state index in [0.717, 1.165) is 18.8 Å². The van der Waals surface area contributed by atoms with Gasteiger partial charge in [-0.25, -0.2) is 0 Å². The molecule has 0 fully saturated rings. The van der Waals surface area contributed by atoms with Crippen LogP contribution in [-0.2, 0) is 4.79 Å². The molecule has 0 bridgehead atoms. The van der Waals surface area contributed by atoms with Gasteiger partial charge in [-0.05, 0) is 12.3 Å². The monoisotopic (exact) mass is 171 g/mol. The quantitative estimate of drug-likeness (QED) is 0.612. The standard InChI is InChI=1S/C10H21NO/c1-8(2)6-4-5-7-9(3)10(11)12/h8-9H,4-7H2,1-3H3,(H2,11,12). The third kappa shape index (κ3) is 6.20. The van der Waals surface area contributed by atoms with Crippen molar-refractivity contribution in [3.05, 3.63) is 0 Å². The lowest BCUT2D eigenvalue weighted by atomic mass is 10.00. The molecule has 0 rings (SSSR count). The van der Waals surface area contributed by atoms with Crippen LogP contribution in [0.1, 0.15) is 46.5 Å². The summed E-state index contributed by atoms with van der Waals surface area (Å²) in [4.78, 5) is 10.6. The first-order valence-electron chi connectivity index (χ1n) is 4.83. The minimum atomic E-state index is -0.167. The summed E-state index contributed by atoms with van der Waals surface area (Å²) in [6.45, 7) is 6.34. The fraction of sp³-hybridized carbons (Fsp3) is 0.900. The molecule has 0 aromatic heterocycles. The Morgan fingerprint density at radius 3 is 2.08 bits per heavy atom. The number of primary amides is 1. The summed E-state index contributed by atoms with van der Waals surface area (Å²) < 4.78 is 0. The van der Waals surface area contributed by atoms with Crippen molar-refractivity contribution in [2.24, 2.45) is 17.6 Å². The molecule has 0 aliphatic heterocycles. The van der Waals surface area contributed by atoms with Crippen molar-refractivity contribution in [3.8, 4) is 0 Å². The molecule has 0 aromatic rings. The summed E-state index contributed by atoms with van der Waals surface area (Å²) in [6, 6.07) is 0. The maximum absolute atomic E-state index is 10.6. The van der Waals surface area contributed by atoms with Gasteiger partial charge in [-0.15, -0.1) is 0 Å². The molecule has 0 aliphatic carbocycles. The van der Waals surface area contributed by atoms with Crippen molar-refractivity contribution < 1.29 is 4.79 Å². The summed E-state index contributed by atoms with van der Waals surface area (Å²) in [7, 11) is 0. The van der Waals surface area contributed by atoms with E-state index in [9.17, 15) is 4.79 Å². The highest BCUT2D eigenvalue weighted by atomic mass is 16.1. The van der Waals surface area contributed by atoms with Gasteiger partial charge in [-0.3, -0.25) is 4.79 Å². The average Bonchev–Trinajstić information content (AvgIpc) is 1.97. The number of hydrogen-bond donors (Lipinski definition) is 1. The Hall–Kier alpha value is -0.530. The molecule has 0 heterocycles. The van der Waals surface area contributed by atoms with Crippen LogP contribution in [0.3, 0.4) is 0 Å². The predicted octanol–water partition coefficient (Wildman–Crippen LogP) is 2.32. The summed E-state index contributed by atoms with van der Waals surface area (Å²) in [5.41, 5.74) is 5.14. The fourth-order valence-electron chi connectivity index (χ4n) is 1.15. The van der Waals surface area contributed by atoms with E-state index in [0.29, 0.717) is 0 Å². The zero-order valence-electron chi connectivity index (χ0n) is 8.47. The van der Waals surface area contributed by atoms with Crippen molar-refractivity contribution in [2.45, 2.75) is 46.5 Å².